The molecule has 0 radical (unpaired) electrons. The number of hydrogen-bond donors (Lipinski definition) is 1. The molecule has 0 aliphatic carbocycles. The first-order valence-electron chi connectivity index (χ1n) is 4.90. The Morgan fingerprint density at radius 2 is 2.29 bits per heavy atom. The predicted molar refractivity (Wildman–Crippen MR) is 62.8 cm³/mol. The van der Waals surface area contributed by atoms with Crippen LogP contribution in [-0.4, -0.2) is 27.6 Å². The second-order valence-corrected chi connectivity index (χ2v) is 3.68. The lowest BCUT2D eigenvalue weighted by Gasteiger charge is -2.04. The molecule has 17 heavy (non-hydrogen) atoms. The molecule has 0 aliphatic heterocycles. The van der Waals surface area contributed by atoms with E-state index >= 15 is 0 Å². The number of methoxy groups -OCH3 is 1. The number of nitrogens with two attached hydrogens (primary N) is 1. The number of carbonyl (C=O) groups excluding carboxylic acids is 1. The lowest BCUT2D eigenvalue weighted by molar-refractivity contribution is -0.118. The highest BCUT2D eigenvalue weighted by Crippen LogP contribution is 2.18. The third-order valence-electron chi connectivity index (χ3n) is 2.29. The maximum absolute atomic E-state index is 11.0. The van der Waals surface area contributed by atoms with Gasteiger partial charge in [-0.1, -0.05) is 0 Å². The van der Waals surface area contributed by atoms with Crippen LogP contribution in [0.3, 0.4) is 0 Å². The van der Waals surface area contributed by atoms with E-state index in [1.165, 1.54) is 7.11 Å². The zero-order chi connectivity index (χ0) is 12.4. The third-order valence-corrected chi connectivity index (χ3v) is 2.53. The average Bonchev–Trinajstić information content (AvgIpc) is 2.66. The topological polar surface area (TPSA) is 83.0 Å². The van der Waals surface area contributed by atoms with Gasteiger partial charge in [-0.05, 0) is 6.07 Å². The van der Waals surface area contributed by atoms with E-state index in [-0.39, 0.29) is 12.4 Å². The number of fused-ring (bicyclic) bond motifs is 1. The van der Waals surface area contributed by atoms with Crippen molar-refractivity contribution in [2.75, 3.05) is 7.11 Å². The molecule has 7 heteroatoms. The van der Waals surface area contributed by atoms with Gasteiger partial charge in [0.25, 0.3) is 0 Å². The number of alkyl halides is 1. The van der Waals surface area contributed by atoms with Gasteiger partial charge in [0.15, 0.2) is 5.65 Å². The summed E-state index contributed by atoms with van der Waals surface area (Å²) in [5.41, 5.74) is 6.38. The Labute approximate surface area is 102 Å². The van der Waals surface area contributed by atoms with Crippen LogP contribution in [0.2, 0.25) is 0 Å². The molecule has 2 N–H and O–H groups in total. The number of aromatic nitrogens is 3. The Kier molecular flexibility index (Phi) is 3.14. The number of ether oxygens (including phenoxy) is 1. The standard InChI is InChI=1S/C10H11ClN4O2/c1-17-9-3-2-6-10(14-9)15(5-7(12)16)8(4-11)13-6/h2-3H,4-5H2,1H3,(H2,12,16). The van der Waals surface area contributed by atoms with Crippen molar-refractivity contribution >= 4 is 28.7 Å². The lowest BCUT2D eigenvalue weighted by Crippen LogP contribution is -2.20. The summed E-state index contributed by atoms with van der Waals surface area (Å²) >= 11 is 5.77. The minimum Gasteiger partial charge on any atom is -0.481 e. The van der Waals surface area contributed by atoms with Crippen molar-refractivity contribution in [3.8, 4) is 5.88 Å². The van der Waals surface area contributed by atoms with Crippen molar-refractivity contribution in [1.29, 1.82) is 0 Å². The molecule has 90 valence electrons. The highest BCUT2D eigenvalue weighted by Gasteiger charge is 2.13. The van der Waals surface area contributed by atoms with E-state index in [0.29, 0.717) is 22.9 Å². The highest BCUT2D eigenvalue weighted by molar-refractivity contribution is 6.16. The van der Waals surface area contributed by atoms with E-state index in [4.69, 9.17) is 22.1 Å². The smallest absolute Gasteiger partial charge is 0.237 e. The Bertz CT molecular complexity index is 567. The van der Waals surface area contributed by atoms with Gasteiger partial charge < -0.3 is 15.0 Å². The Balaban J connectivity index is 2.62. The molecule has 2 aromatic rings. The number of rotatable bonds is 4. The molecule has 0 atom stereocenters. The van der Waals surface area contributed by atoms with Gasteiger partial charge in [0.05, 0.1) is 13.0 Å². The van der Waals surface area contributed by atoms with Crippen LogP contribution in [0.5, 0.6) is 5.88 Å². The van der Waals surface area contributed by atoms with Crippen molar-refractivity contribution in [2.24, 2.45) is 5.73 Å². The van der Waals surface area contributed by atoms with E-state index in [2.05, 4.69) is 9.97 Å². The van der Waals surface area contributed by atoms with Crippen molar-refractivity contribution < 1.29 is 9.53 Å². The van der Waals surface area contributed by atoms with Crippen LogP contribution in [0.25, 0.3) is 11.2 Å². The Morgan fingerprint density at radius 3 is 2.88 bits per heavy atom. The molecule has 0 unspecified atom stereocenters. The first-order valence-corrected chi connectivity index (χ1v) is 5.43. The zero-order valence-corrected chi connectivity index (χ0v) is 9.94. The van der Waals surface area contributed by atoms with E-state index in [1.54, 1.807) is 16.7 Å². The largest absolute Gasteiger partial charge is 0.481 e. The minimum absolute atomic E-state index is 0.00127. The molecular formula is C10H11ClN4O2. The molecule has 1 amide bonds. The van der Waals surface area contributed by atoms with Gasteiger partial charge in [-0.15, -0.1) is 11.6 Å². The number of nitrogens with zero attached hydrogens (tertiary/aromatic N) is 3. The molecule has 0 bridgehead atoms. The van der Waals surface area contributed by atoms with Gasteiger partial charge in [-0.3, -0.25) is 4.79 Å². The van der Waals surface area contributed by atoms with Gasteiger partial charge >= 0.3 is 0 Å². The summed E-state index contributed by atoms with van der Waals surface area (Å²) < 4.78 is 6.61. The number of primary amides is 1. The molecular weight excluding hydrogens is 244 g/mol. The molecule has 2 heterocycles. The Morgan fingerprint density at radius 1 is 1.53 bits per heavy atom. The fraction of sp³-hybridized carbons (Fsp3) is 0.300. The normalized spacial score (nSPS) is 10.7. The first-order chi connectivity index (χ1) is 8.15. The van der Waals surface area contributed by atoms with Crippen LogP contribution >= 0.6 is 11.6 Å². The highest BCUT2D eigenvalue weighted by atomic mass is 35.5. The molecule has 0 spiro atoms. The molecule has 2 rings (SSSR count). The molecule has 2 aromatic heterocycles. The summed E-state index contributed by atoms with van der Waals surface area (Å²) in [5.74, 6) is 0.720. The van der Waals surface area contributed by atoms with Crippen LogP contribution in [0.15, 0.2) is 12.1 Å². The molecule has 0 aliphatic rings. The third kappa shape index (κ3) is 2.16. The molecule has 0 fully saturated rings. The van der Waals surface area contributed by atoms with Crippen molar-refractivity contribution in [1.82, 2.24) is 14.5 Å². The lowest BCUT2D eigenvalue weighted by atomic mass is 10.4. The van der Waals surface area contributed by atoms with E-state index < -0.39 is 5.91 Å². The maximum atomic E-state index is 11.0. The summed E-state index contributed by atoms with van der Waals surface area (Å²) in [5, 5.41) is 0. The predicted octanol–water partition coefficient (Wildman–Crippen LogP) is 0.664. The van der Waals surface area contributed by atoms with E-state index in [9.17, 15) is 4.79 Å². The second kappa shape index (κ2) is 4.58. The number of imidazole rings is 1. The Hall–Kier alpha value is -1.82. The fourth-order valence-electron chi connectivity index (χ4n) is 1.57. The second-order valence-electron chi connectivity index (χ2n) is 3.41. The first kappa shape index (κ1) is 11.7. The van der Waals surface area contributed by atoms with Crippen LogP contribution in [-0.2, 0) is 17.2 Å². The van der Waals surface area contributed by atoms with E-state index in [1.807, 2.05) is 0 Å². The zero-order valence-electron chi connectivity index (χ0n) is 9.18. The van der Waals surface area contributed by atoms with Crippen LogP contribution in [0, 0.1) is 0 Å². The molecule has 0 saturated carbocycles. The van der Waals surface area contributed by atoms with Gasteiger partial charge in [0.1, 0.15) is 17.9 Å². The van der Waals surface area contributed by atoms with Gasteiger partial charge in [0, 0.05) is 6.07 Å². The van der Waals surface area contributed by atoms with Crippen LogP contribution < -0.4 is 10.5 Å². The fourth-order valence-corrected chi connectivity index (χ4v) is 1.77. The number of carbonyl (C=O) groups is 1. The summed E-state index contributed by atoms with van der Waals surface area (Å²) in [6.07, 6.45) is 0. The monoisotopic (exact) mass is 254 g/mol. The van der Waals surface area contributed by atoms with Crippen molar-refractivity contribution in [3.63, 3.8) is 0 Å². The number of hydrogen-bond acceptors (Lipinski definition) is 4. The molecule has 0 saturated heterocycles. The number of pyridine rings is 1. The van der Waals surface area contributed by atoms with Crippen LogP contribution in [0.1, 0.15) is 5.82 Å². The van der Waals surface area contributed by atoms with Crippen molar-refractivity contribution in [3.05, 3.63) is 18.0 Å². The molecule has 6 nitrogen and oxygen atoms in total. The van der Waals surface area contributed by atoms with Crippen molar-refractivity contribution in [2.45, 2.75) is 12.4 Å². The summed E-state index contributed by atoms with van der Waals surface area (Å²) in [6, 6.07) is 3.46. The summed E-state index contributed by atoms with van der Waals surface area (Å²) in [4.78, 5) is 19.5. The SMILES string of the molecule is COc1ccc2nc(CCl)n(CC(N)=O)c2n1. The summed E-state index contributed by atoms with van der Waals surface area (Å²) in [7, 11) is 1.52. The minimum atomic E-state index is -0.472. The van der Waals surface area contributed by atoms with Gasteiger partial charge in [-0.2, -0.15) is 4.98 Å². The summed E-state index contributed by atoms with van der Waals surface area (Å²) in [6.45, 7) is -0.00127. The molecule has 0 aromatic carbocycles. The maximum Gasteiger partial charge on any atom is 0.237 e. The van der Waals surface area contributed by atoms with Crippen LogP contribution in [0.4, 0.5) is 0 Å². The van der Waals surface area contributed by atoms with E-state index in [0.717, 1.165) is 0 Å². The number of halogens is 1. The quantitative estimate of drug-likeness (QED) is 0.813. The van der Waals surface area contributed by atoms with Gasteiger partial charge in [-0.25, -0.2) is 4.98 Å². The number of amides is 1. The van der Waals surface area contributed by atoms with Gasteiger partial charge in [0.2, 0.25) is 11.8 Å². The average molecular weight is 255 g/mol.